The lowest BCUT2D eigenvalue weighted by atomic mass is 10.1. The van der Waals surface area contributed by atoms with E-state index in [0.717, 1.165) is 16.7 Å². The number of carbonyl (C=O) groups excluding carboxylic acids is 2. The number of sulfonamides is 2. The van der Waals surface area contributed by atoms with E-state index in [1.807, 2.05) is 0 Å². The monoisotopic (exact) mass is 674 g/mol. The fraction of sp³-hybridized carbons (Fsp3) is 0.455. The van der Waals surface area contributed by atoms with Crippen molar-refractivity contribution < 1.29 is 26.4 Å². The molecule has 2 aromatic heterocycles. The van der Waals surface area contributed by atoms with Gasteiger partial charge in [0, 0.05) is 36.0 Å². The van der Waals surface area contributed by atoms with E-state index in [1.54, 1.807) is 17.0 Å². The molecule has 2 atom stereocenters. The minimum Gasteiger partial charge on any atom is -0.337 e. The molecule has 2 aliphatic rings. The highest BCUT2D eigenvalue weighted by molar-refractivity contribution is 7.92. The van der Waals surface area contributed by atoms with Crippen molar-refractivity contribution in [1.82, 2.24) is 19.2 Å². The van der Waals surface area contributed by atoms with E-state index >= 15 is 0 Å². The molecule has 214 valence electrons. The molecule has 2 saturated heterocycles. The van der Waals surface area contributed by atoms with E-state index in [1.165, 1.54) is 28.4 Å². The molecule has 17 heteroatoms. The maximum atomic E-state index is 13.1. The smallest absolute Gasteiger partial charge is 0.250 e. The van der Waals surface area contributed by atoms with Crippen LogP contribution in [0.25, 0.3) is 6.08 Å². The second-order valence-electron chi connectivity index (χ2n) is 8.98. The Morgan fingerprint density at radius 2 is 1.82 bits per heavy atom. The number of hydrogen-bond donors (Lipinski definition) is 2. The fourth-order valence-electron chi connectivity index (χ4n) is 4.39. The van der Waals surface area contributed by atoms with Gasteiger partial charge in [-0.3, -0.25) is 9.59 Å². The Balaban J connectivity index is 1.33. The molecular weight excluding hydrogens is 651 g/mol. The summed E-state index contributed by atoms with van der Waals surface area (Å²) in [7, 11) is -7.78. The number of carbonyl (C=O) groups is 2. The summed E-state index contributed by atoms with van der Waals surface area (Å²) in [5, 5.41) is 1.13. The van der Waals surface area contributed by atoms with Crippen LogP contribution in [0.3, 0.4) is 0 Å². The summed E-state index contributed by atoms with van der Waals surface area (Å²) in [6, 6.07) is 3.24. The van der Waals surface area contributed by atoms with Crippen molar-refractivity contribution in [2.75, 3.05) is 26.2 Å². The fourth-order valence-corrected chi connectivity index (χ4v) is 9.45. The lowest BCUT2D eigenvalue weighted by Crippen LogP contribution is -2.55. The predicted molar refractivity (Wildman–Crippen MR) is 154 cm³/mol. The summed E-state index contributed by atoms with van der Waals surface area (Å²) in [4.78, 5) is 29.7. The lowest BCUT2D eigenvalue weighted by Gasteiger charge is -2.34. The van der Waals surface area contributed by atoms with Gasteiger partial charge in [0.2, 0.25) is 31.9 Å². The molecule has 2 N–H and O–H groups in total. The van der Waals surface area contributed by atoms with Crippen LogP contribution in [0.5, 0.6) is 0 Å². The van der Waals surface area contributed by atoms with Crippen LogP contribution in [-0.2, 0) is 29.6 Å². The molecule has 0 aromatic carbocycles. The first-order chi connectivity index (χ1) is 18.3. The zero-order chi connectivity index (χ0) is 28.4. The molecule has 4 rings (SSSR count). The summed E-state index contributed by atoms with van der Waals surface area (Å²) in [5.74, 6) is -0.807. The van der Waals surface area contributed by atoms with E-state index in [9.17, 15) is 26.4 Å². The van der Waals surface area contributed by atoms with Gasteiger partial charge in [0.15, 0.2) is 0 Å². The second kappa shape index (κ2) is 12.7. The van der Waals surface area contributed by atoms with Crippen molar-refractivity contribution in [2.24, 2.45) is 0 Å². The Hall–Kier alpha value is -1.23. The van der Waals surface area contributed by atoms with Crippen LogP contribution < -0.4 is 9.44 Å². The molecule has 39 heavy (non-hydrogen) atoms. The van der Waals surface area contributed by atoms with Crippen LogP contribution in [0.4, 0.5) is 0 Å². The molecule has 4 heterocycles. The predicted octanol–water partition coefficient (Wildman–Crippen LogP) is 3.62. The van der Waals surface area contributed by atoms with Crippen molar-refractivity contribution in [3.8, 4) is 0 Å². The molecule has 0 bridgehead atoms. The zero-order valence-corrected chi connectivity index (χ0v) is 25.8. The molecule has 0 unspecified atom stereocenters. The van der Waals surface area contributed by atoms with Crippen LogP contribution in [-0.4, -0.2) is 76.7 Å². The third-order valence-electron chi connectivity index (χ3n) is 6.26. The van der Waals surface area contributed by atoms with E-state index in [4.69, 9.17) is 34.8 Å². The molecule has 2 amide bonds. The van der Waals surface area contributed by atoms with Gasteiger partial charge in [0.05, 0.1) is 15.9 Å². The first-order valence-electron chi connectivity index (χ1n) is 11.8. The standard InChI is InChI=1S/C22H25Cl3N4O6S4/c23-16-11-20(37-21(16)25)39(34,35)26-12-14-3-1-9-29(14)19(30)13-28-8-2-4-17(22(28)31)27-38(32,33)10-7-15-5-6-18(24)36-15/h5-7,10-11,14,17,26-27H,1-4,8-9,12-13H2/t14-,17-/m0/s1. The quantitative estimate of drug-likeness (QED) is 0.396. The van der Waals surface area contributed by atoms with E-state index in [2.05, 4.69) is 9.44 Å². The number of likely N-dealkylation sites (tertiary alicyclic amines) is 2. The Kier molecular flexibility index (Phi) is 10.0. The van der Waals surface area contributed by atoms with Gasteiger partial charge < -0.3 is 9.80 Å². The van der Waals surface area contributed by atoms with Gasteiger partial charge in [-0.2, -0.15) is 4.72 Å². The number of nitrogens with zero attached hydrogens (tertiary/aromatic N) is 2. The van der Waals surface area contributed by atoms with Gasteiger partial charge >= 0.3 is 0 Å². The Bertz CT molecular complexity index is 1450. The molecule has 2 fully saturated rings. The number of rotatable bonds is 10. The number of thiophene rings is 2. The van der Waals surface area contributed by atoms with E-state index < -0.39 is 32.0 Å². The van der Waals surface area contributed by atoms with Crippen molar-refractivity contribution >= 4 is 95.4 Å². The van der Waals surface area contributed by atoms with Gasteiger partial charge in [-0.05, 0) is 50.0 Å². The molecule has 0 radical (unpaired) electrons. The molecule has 0 aliphatic carbocycles. The van der Waals surface area contributed by atoms with Crippen LogP contribution in [0.2, 0.25) is 13.7 Å². The van der Waals surface area contributed by atoms with Crippen LogP contribution in [0.15, 0.2) is 27.8 Å². The Labute approximate surface area is 250 Å². The van der Waals surface area contributed by atoms with Gasteiger partial charge in [-0.25, -0.2) is 21.6 Å². The molecule has 0 saturated carbocycles. The molecular formula is C22H25Cl3N4O6S4. The van der Waals surface area contributed by atoms with Gasteiger partial charge in [0.1, 0.15) is 14.6 Å². The largest absolute Gasteiger partial charge is 0.337 e. The number of piperidine rings is 1. The maximum absolute atomic E-state index is 13.1. The number of hydrogen-bond acceptors (Lipinski definition) is 8. The summed E-state index contributed by atoms with van der Waals surface area (Å²) in [6.45, 7) is 0.522. The van der Waals surface area contributed by atoms with Crippen molar-refractivity contribution in [1.29, 1.82) is 0 Å². The normalized spacial score (nSPS) is 20.8. The average Bonchev–Trinajstić information content (AvgIpc) is 3.60. The van der Waals surface area contributed by atoms with Crippen molar-refractivity contribution in [2.45, 2.75) is 42.0 Å². The minimum absolute atomic E-state index is 0.000626. The van der Waals surface area contributed by atoms with Gasteiger partial charge in [0.25, 0.3) is 0 Å². The van der Waals surface area contributed by atoms with Gasteiger partial charge in [-0.15, -0.1) is 22.7 Å². The summed E-state index contributed by atoms with van der Waals surface area (Å²) in [6.07, 6.45) is 3.51. The average molecular weight is 676 g/mol. The Morgan fingerprint density at radius 1 is 1.08 bits per heavy atom. The minimum atomic E-state index is -3.92. The summed E-state index contributed by atoms with van der Waals surface area (Å²) < 4.78 is 55.9. The van der Waals surface area contributed by atoms with Crippen molar-refractivity contribution in [3.63, 3.8) is 0 Å². The van der Waals surface area contributed by atoms with E-state index in [-0.39, 0.29) is 38.6 Å². The number of nitrogens with one attached hydrogen (secondary N) is 2. The lowest BCUT2D eigenvalue weighted by molar-refractivity contribution is -0.143. The van der Waals surface area contributed by atoms with E-state index in [0.29, 0.717) is 48.0 Å². The highest BCUT2D eigenvalue weighted by Crippen LogP contribution is 2.34. The van der Waals surface area contributed by atoms with Gasteiger partial charge in [-0.1, -0.05) is 34.8 Å². The summed E-state index contributed by atoms with van der Waals surface area (Å²) >= 11 is 19.7. The van der Waals surface area contributed by atoms with Crippen LogP contribution >= 0.6 is 57.5 Å². The molecule has 0 spiro atoms. The zero-order valence-electron chi connectivity index (χ0n) is 20.3. The first-order valence-corrected chi connectivity index (χ1v) is 17.6. The van der Waals surface area contributed by atoms with Crippen LogP contribution in [0, 0.1) is 0 Å². The third-order valence-corrected chi connectivity index (χ3v) is 12.3. The third kappa shape index (κ3) is 7.95. The highest BCUT2D eigenvalue weighted by Gasteiger charge is 2.36. The number of amides is 2. The Morgan fingerprint density at radius 3 is 2.49 bits per heavy atom. The molecule has 2 aliphatic heterocycles. The SMILES string of the molecule is O=C1[C@@H](NS(=O)(=O)C=Cc2ccc(Cl)s2)CCCN1CC(=O)N1CCC[C@H]1CNS(=O)(=O)c1cc(Cl)c(Cl)s1. The molecule has 2 aromatic rings. The number of halogens is 3. The van der Waals surface area contributed by atoms with Crippen molar-refractivity contribution in [3.05, 3.63) is 42.2 Å². The highest BCUT2D eigenvalue weighted by atomic mass is 35.5. The van der Waals surface area contributed by atoms with Crippen LogP contribution in [0.1, 0.15) is 30.6 Å². The molecule has 10 nitrogen and oxygen atoms in total. The topological polar surface area (TPSA) is 133 Å². The maximum Gasteiger partial charge on any atom is 0.250 e. The first kappa shape index (κ1) is 30.7. The summed E-state index contributed by atoms with van der Waals surface area (Å²) in [5.41, 5.74) is 0. The second-order valence-corrected chi connectivity index (χ2v) is 16.4.